The third-order valence-corrected chi connectivity index (χ3v) is 3.78. The van der Waals surface area contributed by atoms with Gasteiger partial charge in [0.05, 0.1) is 0 Å². The molecule has 0 unspecified atom stereocenters. The Kier molecular flexibility index (Phi) is 2.66. The topological polar surface area (TPSA) is 38.0 Å². The lowest BCUT2D eigenvalue weighted by Crippen LogP contribution is -2.42. The Morgan fingerprint density at radius 1 is 0.917 bits per heavy atom. The van der Waals surface area contributed by atoms with Crippen molar-refractivity contribution in [2.75, 3.05) is 0 Å². The lowest BCUT2D eigenvalue weighted by molar-refractivity contribution is 0.144. The fraction of sp³-hybridized carbons (Fsp3) is 1.00. The molecular formula is C10H20N2. The molecule has 3 atom stereocenters. The average Bonchev–Trinajstić information content (AvgIpc) is 2.17. The van der Waals surface area contributed by atoms with Crippen molar-refractivity contribution in [2.45, 2.75) is 51.0 Å². The van der Waals surface area contributed by atoms with Crippen LogP contribution in [-0.2, 0) is 0 Å². The van der Waals surface area contributed by atoms with E-state index in [1.807, 2.05) is 0 Å². The minimum atomic E-state index is 0.615. The Hall–Kier alpha value is -0.0800. The number of rotatable bonds is 1. The van der Waals surface area contributed by atoms with E-state index in [1.165, 1.54) is 44.9 Å². The van der Waals surface area contributed by atoms with E-state index in [4.69, 9.17) is 5.84 Å². The zero-order valence-electron chi connectivity index (χ0n) is 7.76. The Morgan fingerprint density at radius 2 is 1.67 bits per heavy atom. The minimum absolute atomic E-state index is 0.615. The molecule has 0 heterocycles. The number of hydrogen-bond donors (Lipinski definition) is 2. The molecule has 2 saturated carbocycles. The summed E-state index contributed by atoms with van der Waals surface area (Å²) in [5, 5.41) is 0. The predicted octanol–water partition coefficient (Wildman–Crippen LogP) is 1.81. The zero-order chi connectivity index (χ0) is 8.39. The SMILES string of the molecule is NN[C@@H]1CC[C@@H]2CCCC[C@H]2C1. The van der Waals surface area contributed by atoms with E-state index in [9.17, 15) is 0 Å². The fourth-order valence-electron chi connectivity index (χ4n) is 3.02. The summed E-state index contributed by atoms with van der Waals surface area (Å²) < 4.78 is 0. The summed E-state index contributed by atoms with van der Waals surface area (Å²) >= 11 is 0. The molecule has 2 nitrogen and oxygen atoms in total. The molecule has 70 valence electrons. The highest BCUT2D eigenvalue weighted by Gasteiger charge is 2.31. The molecule has 0 spiro atoms. The van der Waals surface area contributed by atoms with E-state index in [0.29, 0.717) is 6.04 Å². The Balaban J connectivity index is 1.90. The van der Waals surface area contributed by atoms with Crippen molar-refractivity contribution in [1.82, 2.24) is 5.43 Å². The van der Waals surface area contributed by atoms with Crippen LogP contribution in [0.25, 0.3) is 0 Å². The standard InChI is InChI=1S/C10H20N2/c11-12-10-6-5-8-3-1-2-4-9(8)7-10/h8-10,12H,1-7,11H2/t8-,9-,10+/m0/s1. The van der Waals surface area contributed by atoms with Crippen LogP contribution < -0.4 is 11.3 Å². The van der Waals surface area contributed by atoms with Crippen LogP contribution in [0.5, 0.6) is 0 Å². The summed E-state index contributed by atoms with van der Waals surface area (Å²) in [5.41, 5.74) is 2.94. The first-order valence-corrected chi connectivity index (χ1v) is 5.36. The van der Waals surface area contributed by atoms with Gasteiger partial charge < -0.3 is 0 Å². The van der Waals surface area contributed by atoms with Gasteiger partial charge in [0.25, 0.3) is 0 Å². The minimum Gasteiger partial charge on any atom is -0.271 e. The van der Waals surface area contributed by atoms with Gasteiger partial charge >= 0.3 is 0 Å². The molecule has 2 fully saturated rings. The summed E-state index contributed by atoms with van der Waals surface area (Å²) in [7, 11) is 0. The summed E-state index contributed by atoms with van der Waals surface area (Å²) in [6, 6.07) is 0.615. The highest BCUT2D eigenvalue weighted by Crippen LogP contribution is 2.40. The molecule has 0 aromatic heterocycles. The molecule has 3 N–H and O–H groups in total. The van der Waals surface area contributed by atoms with Crippen LogP contribution in [0, 0.1) is 11.8 Å². The normalized spacial score (nSPS) is 42.2. The molecule has 0 bridgehead atoms. The molecule has 2 aliphatic carbocycles. The van der Waals surface area contributed by atoms with Gasteiger partial charge in [-0.2, -0.15) is 0 Å². The van der Waals surface area contributed by atoms with Gasteiger partial charge in [0.15, 0.2) is 0 Å². The van der Waals surface area contributed by atoms with E-state index >= 15 is 0 Å². The van der Waals surface area contributed by atoms with Gasteiger partial charge in [0.1, 0.15) is 0 Å². The number of fused-ring (bicyclic) bond motifs is 1. The average molecular weight is 168 g/mol. The summed E-state index contributed by atoms with van der Waals surface area (Å²) in [5.74, 6) is 7.51. The molecule has 0 aromatic carbocycles. The zero-order valence-corrected chi connectivity index (χ0v) is 7.76. The first kappa shape index (κ1) is 8.52. The van der Waals surface area contributed by atoms with Crippen molar-refractivity contribution in [3.63, 3.8) is 0 Å². The molecular weight excluding hydrogens is 148 g/mol. The predicted molar refractivity (Wildman–Crippen MR) is 50.4 cm³/mol. The third-order valence-electron chi connectivity index (χ3n) is 3.78. The first-order valence-electron chi connectivity index (χ1n) is 5.36. The second-order valence-electron chi connectivity index (χ2n) is 4.48. The Bertz CT molecular complexity index is 147. The molecule has 0 aliphatic heterocycles. The second kappa shape index (κ2) is 3.75. The number of nitrogens with two attached hydrogens (primary N) is 1. The van der Waals surface area contributed by atoms with Gasteiger partial charge in [-0.1, -0.05) is 25.7 Å². The van der Waals surface area contributed by atoms with Crippen LogP contribution in [-0.4, -0.2) is 6.04 Å². The summed E-state index contributed by atoms with van der Waals surface area (Å²) in [4.78, 5) is 0. The van der Waals surface area contributed by atoms with Gasteiger partial charge in [0.2, 0.25) is 0 Å². The molecule has 0 amide bonds. The molecule has 12 heavy (non-hydrogen) atoms. The summed E-state index contributed by atoms with van der Waals surface area (Å²) in [6.45, 7) is 0. The van der Waals surface area contributed by atoms with E-state index in [-0.39, 0.29) is 0 Å². The van der Waals surface area contributed by atoms with Gasteiger partial charge in [-0.15, -0.1) is 0 Å². The van der Waals surface area contributed by atoms with Crippen LogP contribution >= 0.6 is 0 Å². The lowest BCUT2D eigenvalue weighted by atomic mass is 9.69. The highest BCUT2D eigenvalue weighted by molar-refractivity contribution is 4.85. The number of hydrazine groups is 1. The Morgan fingerprint density at radius 3 is 2.42 bits per heavy atom. The first-order chi connectivity index (χ1) is 5.90. The van der Waals surface area contributed by atoms with Crippen molar-refractivity contribution < 1.29 is 0 Å². The molecule has 0 radical (unpaired) electrons. The van der Waals surface area contributed by atoms with E-state index < -0.39 is 0 Å². The van der Waals surface area contributed by atoms with Crippen molar-refractivity contribution in [3.8, 4) is 0 Å². The van der Waals surface area contributed by atoms with Crippen LogP contribution in [0.4, 0.5) is 0 Å². The maximum atomic E-state index is 5.48. The van der Waals surface area contributed by atoms with Gasteiger partial charge in [-0.05, 0) is 31.1 Å². The largest absolute Gasteiger partial charge is 0.271 e. The molecule has 2 rings (SSSR count). The van der Waals surface area contributed by atoms with Crippen molar-refractivity contribution in [3.05, 3.63) is 0 Å². The fourth-order valence-corrected chi connectivity index (χ4v) is 3.02. The van der Waals surface area contributed by atoms with Gasteiger partial charge in [-0.25, -0.2) is 0 Å². The highest BCUT2D eigenvalue weighted by atomic mass is 15.2. The molecule has 0 aromatic rings. The van der Waals surface area contributed by atoms with E-state index in [0.717, 1.165) is 11.8 Å². The summed E-state index contributed by atoms with van der Waals surface area (Å²) in [6.07, 6.45) is 9.93. The number of nitrogens with one attached hydrogen (secondary N) is 1. The van der Waals surface area contributed by atoms with Gasteiger partial charge in [0, 0.05) is 6.04 Å². The Labute approximate surface area is 74.9 Å². The molecule has 2 heteroatoms. The maximum Gasteiger partial charge on any atom is 0.0213 e. The van der Waals surface area contributed by atoms with Crippen LogP contribution in [0.2, 0.25) is 0 Å². The van der Waals surface area contributed by atoms with Gasteiger partial charge in [-0.3, -0.25) is 11.3 Å². The van der Waals surface area contributed by atoms with E-state index in [1.54, 1.807) is 0 Å². The molecule has 2 aliphatic rings. The van der Waals surface area contributed by atoms with Crippen molar-refractivity contribution in [2.24, 2.45) is 17.7 Å². The quantitative estimate of drug-likeness (QED) is 0.463. The van der Waals surface area contributed by atoms with Crippen molar-refractivity contribution in [1.29, 1.82) is 0 Å². The van der Waals surface area contributed by atoms with Crippen LogP contribution in [0.15, 0.2) is 0 Å². The maximum absolute atomic E-state index is 5.48. The van der Waals surface area contributed by atoms with Crippen molar-refractivity contribution >= 4 is 0 Å². The van der Waals surface area contributed by atoms with Crippen LogP contribution in [0.1, 0.15) is 44.9 Å². The number of hydrogen-bond acceptors (Lipinski definition) is 2. The third kappa shape index (κ3) is 1.64. The smallest absolute Gasteiger partial charge is 0.0213 e. The van der Waals surface area contributed by atoms with Crippen LogP contribution in [0.3, 0.4) is 0 Å². The second-order valence-corrected chi connectivity index (χ2v) is 4.48. The monoisotopic (exact) mass is 168 g/mol. The van der Waals surface area contributed by atoms with E-state index in [2.05, 4.69) is 5.43 Å². The molecule has 0 saturated heterocycles. The lowest BCUT2D eigenvalue weighted by Gasteiger charge is -2.39.